The zero-order chi connectivity index (χ0) is 19.2. The van der Waals surface area contributed by atoms with Crippen molar-refractivity contribution in [3.63, 3.8) is 0 Å². The lowest BCUT2D eigenvalue weighted by molar-refractivity contribution is 0.0924. The Balaban J connectivity index is 1.35. The second-order valence-corrected chi connectivity index (χ2v) is 7.82. The molecule has 1 aromatic heterocycles. The zero-order valence-corrected chi connectivity index (χ0v) is 16.4. The van der Waals surface area contributed by atoms with E-state index in [2.05, 4.69) is 49.8 Å². The fourth-order valence-electron chi connectivity index (χ4n) is 3.98. The predicted molar refractivity (Wildman–Crippen MR) is 110 cm³/mol. The average molecular weight is 380 g/mol. The molecule has 1 amide bonds. The molecule has 2 fully saturated rings. The van der Waals surface area contributed by atoms with E-state index in [1.165, 1.54) is 37.9 Å². The molecule has 0 spiro atoms. The second kappa shape index (κ2) is 9.26. The van der Waals surface area contributed by atoms with Gasteiger partial charge in [0.1, 0.15) is 5.69 Å². The van der Waals surface area contributed by atoms with Gasteiger partial charge in [0.2, 0.25) is 0 Å². The van der Waals surface area contributed by atoms with Gasteiger partial charge in [-0.25, -0.2) is 4.98 Å². The molecule has 2 aliphatic rings. The molecule has 0 unspecified atom stereocenters. The first-order valence-electron chi connectivity index (χ1n) is 10.4. The highest BCUT2D eigenvalue weighted by Gasteiger charge is 2.17. The molecule has 2 saturated heterocycles. The molecule has 2 aromatic rings. The SMILES string of the molecule is O=C(NC1CCNCC1)c1cnc(-c2ccc(CN3CCCCC3)cc2)cn1. The van der Waals surface area contributed by atoms with E-state index in [0.717, 1.165) is 43.7 Å². The minimum atomic E-state index is -0.136. The summed E-state index contributed by atoms with van der Waals surface area (Å²) in [5, 5.41) is 6.35. The van der Waals surface area contributed by atoms with Crippen LogP contribution in [0.1, 0.15) is 48.2 Å². The fraction of sp³-hybridized carbons (Fsp3) is 0.500. The number of hydrogen-bond acceptors (Lipinski definition) is 5. The minimum Gasteiger partial charge on any atom is -0.348 e. The Hall–Kier alpha value is -2.31. The van der Waals surface area contributed by atoms with Crippen LogP contribution in [0.2, 0.25) is 0 Å². The molecule has 3 heterocycles. The monoisotopic (exact) mass is 379 g/mol. The van der Waals surface area contributed by atoms with Crippen molar-refractivity contribution in [2.24, 2.45) is 0 Å². The van der Waals surface area contributed by atoms with Gasteiger partial charge in [-0.15, -0.1) is 0 Å². The summed E-state index contributed by atoms with van der Waals surface area (Å²) >= 11 is 0. The van der Waals surface area contributed by atoms with Crippen molar-refractivity contribution in [3.8, 4) is 11.3 Å². The van der Waals surface area contributed by atoms with E-state index in [0.29, 0.717) is 5.69 Å². The smallest absolute Gasteiger partial charge is 0.271 e. The van der Waals surface area contributed by atoms with Crippen molar-refractivity contribution in [3.05, 3.63) is 47.9 Å². The molecule has 6 heteroatoms. The number of carbonyl (C=O) groups excluding carboxylic acids is 1. The van der Waals surface area contributed by atoms with E-state index in [4.69, 9.17) is 0 Å². The Morgan fingerprint density at radius 1 is 1.04 bits per heavy atom. The third-order valence-corrected chi connectivity index (χ3v) is 5.66. The van der Waals surface area contributed by atoms with Gasteiger partial charge in [0.05, 0.1) is 18.1 Å². The van der Waals surface area contributed by atoms with Gasteiger partial charge in [0.15, 0.2) is 0 Å². The molecule has 0 bridgehead atoms. The number of carbonyl (C=O) groups is 1. The summed E-state index contributed by atoms with van der Waals surface area (Å²) in [6.45, 7) is 5.32. The first-order valence-corrected chi connectivity index (χ1v) is 10.4. The zero-order valence-electron chi connectivity index (χ0n) is 16.4. The van der Waals surface area contributed by atoms with E-state index in [9.17, 15) is 4.79 Å². The maximum atomic E-state index is 12.4. The Morgan fingerprint density at radius 2 is 1.79 bits per heavy atom. The predicted octanol–water partition coefficient (Wildman–Crippen LogP) is 2.61. The Morgan fingerprint density at radius 3 is 2.46 bits per heavy atom. The molecule has 0 radical (unpaired) electrons. The van der Waals surface area contributed by atoms with Crippen LogP contribution in [0.3, 0.4) is 0 Å². The van der Waals surface area contributed by atoms with Gasteiger partial charge in [-0.1, -0.05) is 30.7 Å². The van der Waals surface area contributed by atoms with E-state index in [1.807, 2.05) is 0 Å². The highest BCUT2D eigenvalue weighted by molar-refractivity contribution is 5.92. The van der Waals surface area contributed by atoms with Gasteiger partial charge in [-0.3, -0.25) is 14.7 Å². The lowest BCUT2D eigenvalue weighted by Gasteiger charge is -2.26. The van der Waals surface area contributed by atoms with Gasteiger partial charge < -0.3 is 10.6 Å². The number of aromatic nitrogens is 2. The number of piperidine rings is 2. The Bertz CT molecular complexity index is 763. The Kier molecular flexibility index (Phi) is 6.29. The number of likely N-dealkylation sites (tertiary alicyclic amines) is 1. The molecule has 2 N–H and O–H groups in total. The van der Waals surface area contributed by atoms with Gasteiger partial charge in [0.25, 0.3) is 5.91 Å². The van der Waals surface area contributed by atoms with Crippen LogP contribution in [0.15, 0.2) is 36.7 Å². The van der Waals surface area contributed by atoms with Gasteiger partial charge in [-0.2, -0.15) is 0 Å². The molecule has 28 heavy (non-hydrogen) atoms. The van der Waals surface area contributed by atoms with Crippen LogP contribution in [0.5, 0.6) is 0 Å². The summed E-state index contributed by atoms with van der Waals surface area (Å²) in [4.78, 5) is 23.7. The number of nitrogens with one attached hydrogen (secondary N) is 2. The van der Waals surface area contributed by atoms with E-state index in [-0.39, 0.29) is 11.9 Å². The second-order valence-electron chi connectivity index (χ2n) is 7.82. The number of rotatable bonds is 5. The summed E-state index contributed by atoms with van der Waals surface area (Å²) in [6.07, 6.45) is 9.17. The lowest BCUT2D eigenvalue weighted by atomic mass is 10.1. The van der Waals surface area contributed by atoms with Crippen LogP contribution < -0.4 is 10.6 Å². The highest BCUT2D eigenvalue weighted by atomic mass is 16.1. The Labute approximate surface area is 166 Å². The van der Waals surface area contributed by atoms with Crippen LogP contribution in [-0.4, -0.2) is 53.0 Å². The topological polar surface area (TPSA) is 70.2 Å². The minimum absolute atomic E-state index is 0.136. The fourth-order valence-corrected chi connectivity index (χ4v) is 3.98. The molecular formula is C22H29N5O. The first kappa shape index (κ1) is 19.0. The summed E-state index contributed by atoms with van der Waals surface area (Å²) in [6, 6.07) is 8.76. The van der Waals surface area contributed by atoms with Gasteiger partial charge in [-0.05, 0) is 57.4 Å². The van der Waals surface area contributed by atoms with Gasteiger partial charge in [0, 0.05) is 18.2 Å². The molecule has 4 rings (SSSR count). The quantitative estimate of drug-likeness (QED) is 0.836. The van der Waals surface area contributed by atoms with Crippen molar-refractivity contribution < 1.29 is 4.79 Å². The number of hydrogen-bond donors (Lipinski definition) is 2. The third-order valence-electron chi connectivity index (χ3n) is 5.66. The molecule has 148 valence electrons. The van der Waals surface area contributed by atoms with Gasteiger partial charge >= 0.3 is 0 Å². The largest absolute Gasteiger partial charge is 0.348 e. The van der Waals surface area contributed by atoms with Crippen molar-refractivity contribution in [2.45, 2.75) is 44.7 Å². The van der Waals surface area contributed by atoms with Crippen molar-refractivity contribution in [1.29, 1.82) is 0 Å². The van der Waals surface area contributed by atoms with Crippen LogP contribution in [0, 0.1) is 0 Å². The summed E-state index contributed by atoms with van der Waals surface area (Å²) in [5.74, 6) is -0.136. The first-order chi connectivity index (χ1) is 13.8. The van der Waals surface area contributed by atoms with Crippen LogP contribution in [0.4, 0.5) is 0 Å². The molecule has 1 aromatic carbocycles. The molecular weight excluding hydrogens is 350 g/mol. The standard InChI is InChI=1S/C22H29N5O/c28-22(26-19-8-10-23-11-9-19)21-15-24-20(14-25-21)18-6-4-17(5-7-18)16-27-12-2-1-3-13-27/h4-7,14-15,19,23H,1-3,8-13,16H2,(H,26,28). The molecule has 2 aliphatic heterocycles. The molecule has 6 nitrogen and oxygen atoms in total. The van der Waals surface area contributed by atoms with Crippen LogP contribution in [-0.2, 0) is 6.54 Å². The highest BCUT2D eigenvalue weighted by Crippen LogP contribution is 2.19. The summed E-state index contributed by atoms with van der Waals surface area (Å²) < 4.78 is 0. The molecule has 0 aliphatic carbocycles. The van der Waals surface area contributed by atoms with E-state index < -0.39 is 0 Å². The van der Waals surface area contributed by atoms with Crippen molar-refractivity contribution in [1.82, 2.24) is 25.5 Å². The maximum Gasteiger partial charge on any atom is 0.271 e. The van der Waals surface area contributed by atoms with E-state index in [1.54, 1.807) is 12.4 Å². The average Bonchev–Trinajstić information content (AvgIpc) is 2.76. The van der Waals surface area contributed by atoms with E-state index >= 15 is 0 Å². The number of nitrogens with zero attached hydrogens (tertiary/aromatic N) is 3. The summed E-state index contributed by atoms with van der Waals surface area (Å²) in [5.41, 5.74) is 3.53. The number of amides is 1. The van der Waals surface area contributed by atoms with Crippen LogP contribution >= 0.6 is 0 Å². The van der Waals surface area contributed by atoms with Crippen LogP contribution in [0.25, 0.3) is 11.3 Å². The third kappa shape index (κ3) is 4.94. The lowest BCUT2D eigenvalue weighted by Crippen LogP contribution is -2.42. The number of benzene rings is 1. The van der Waals surface area contributed by atoms with Crippen molar-refractivity contribution >= 4 is 5.91 Å². The maximum absolute atomic E-state index is 12.4. The van der Waals surface area contributed by atoms with Crippen molar-refractivity contribution in [2.75, 3.05) is 26.2 Å². The summed E-state index contributed by atoms with van der Waals surface area (Å²) in [7, 11) is 0. The molecule has 0 saturated carbocycles. The molecule has 0 atom stereocenters. The normalized spacial score (nSPS) is 18.7.